The minimum atomic E-state index is -0.998. The summed E-state index contributed by atoms with van der Waals surface area (Å²) in [6.07, 6.45) is 4.81. The molecule has 0 aliphatic carbocycles. The number of hydrogen-bond acceptors (Lipinski definition) is 7. The Kier molecular flexibility index (Phi) is 10.9. The smallest absolute Gasteiger partial charge is 0.305 e. The molecule has 1 aliphatic heterocycles. The van der Waals surface area contributed by atoms with E-state index in [4.69, 9.17) is 9.84 Å². The molecule has 3 N–H and O–H groups in total. The summed E-state index contributed by atoms with van der Waals surface area (Å²) >= 11 is 1.63. The van der Waals surface area contributed by atoms with Gasteiger partial charge in [0.15, 0.2) is 0 Å². The first kappa shape index (κ1) is 20.7. The van der Waals surface area contributed by atoms with Gasteiger partial charge in [-0.1, -0.05) is 25.7 Å². The summed E-state index contributed by atoms with van der Waals surface area (Å²) in [5, 5.41) is 28.5. The van der Waals surface area contributed by atoms with Crippen molar-refractivity contribution >= 4 is 17.7 Å². The summed E-state index contributed by atoms with van der Waals surface area (Å²) in [7, 11) is 1.42. The third kappa shape index (κ3) is 8.35. The molecule has 0 aromatic rings. The van der Waals surface area contributed by atoms with Crippen LogP contribution >= 0.6 is 11.8 Å². The van der Waals surface area contributed by atoms with Gasteiger partial charge in [0.1, 0.15) is 17.6 Å². The summed E-state index contributed by atoms with van der Waals surface area (Å²) in [6, 6.07) is 0. The average Bonchev–Trinajstić information content (AvgIpc) is 2.55. The zero-order valence-corrected chi connectivity index (χ0v) is 14.7. The number of ether oxygens (including phenoxy) is 2. The lowest BCUT2D eigenvalue weighted by atomic mass is 10.0. The predicted octanol–water partition coefficient (Wildman–Crippen LogP) is 1.45. The van der Waals surface area contributed by atoms with E-state index in [1.165, 1.54) is 7.11 Å². The SMILES string of the molecule is COC(=O)CCCCCCCCS[C@H]1C[C@H](O)[C@@H](O)[C@@H](CO)O1. The fourth-order valence-corrected chi connectivity index (χ4v) is 3.76. The molecule has 136 valence electrons. The second kappa shape index (κ2) is 12.1. The van der Waals surface area contributed by atoms with Crippen molar-refractivity contribution in [1.82, 2.24) is 0 Å². The molecule has 7 heteroatoms. The van der Waals surface area contributed by atoms with Crippen LogP contribution in [0.1, 0.15) is 51.4 Å². The highest BCUT2D eigenvalue weighted by molar-refractivity contribution is 7.99. The van der Waals surface area contributed by atoms with Crippen molar-refractivity contribution in [1.29, 1.82) is 0 Å². The van der Waals surface area contributed by atoms with Gasteiger partial charge in [-0.05, 0) is 18.6 Å². The molecule has 0 spiro atoms. The lowest BCUT2D eigenvalue weighted by Crippen LogP contribution is -2.49. The summed E-state index contributed by atoms with van der Waals surface area (Å²) in [4.78, 5) is 10.9. The molecule has 0 aromatic carbocycles. The molecule has 6 nitrogen and oxygen atoms in total. The molecule has 1 heterocycles. The number of esters is 1. The van der Waals surface area contributed by atoms with Crippen LogP contribution in [0.2, 0.25) is 0 Å². The highest BCUT2D eigenvalue weighted by Crippen LogP contribution is 2.28. The molecular weight excluding hydrogens is 320 g/mol. The molecule has 1 saturated heterocycles. The zero-order valence-electron chi connectivity index (χ0n) is 13.9. The van der Waals surface area contributed by atoms with Gasteiger partial charge in [0, 0.05) is 12.8 Å². The fourth-order valence-electron chi connectivity index (χ4n) is 2.57. The molecule has 0 amide bonds. The summed E-state index contributed by atoms with van der Waals surface area (Å²) in [5.41, 5.74) is -0.161. The largest absolute Gasteiger partial charge is 0.469 e. The predicted molar refractivity (Wildman–Crippen MR) is 89.2 cm³/mol. The van der Waals surface area contributed by atoms with Crippen LogP contribution in [0, 0.1) is 0 Å². The van der Waals surface area contributed by atoms with Gasteiger partial charge in [-0.25, -0.2) is 0 Å². The van der Waals surface area contributed by atoms with Gasteiger partial charge in [0.05, 0.1) is 19.8 Å². The van der Waals surface area contributed by atoms with Gasteiger partial charge in [-0.15, -0.1) is 11.8 Å². The number of hydrogen-bond donors (Lipinski definition) is 3. The first-order chi connectivity index (χ1) is 11.1. The van der Waals surface area contributed by atoms with Gasteiger partial charge in [0.2, 0.25) is 0 Å². The summed E-state index contributed by atoms with van der Waals surface area (Å²) in [6.45, 7) is -0.277. The first-order valence-corrected chi connectivity index (χ1v) is 9.44. The van der Waals surface area contributed by atoms with E-state index >= 15 is 0 Å². The Morgan fingerprint density at radius 1 is 1.17 bits per heavy atom. The van der Waals surface area contributed by atoms with Crippen LogP contribution in [0.15, 0.2) is 0 Å². The van der Waals surface area contributed by atoms with Crippen molar-refractivity contribution in [2.45, 2.75) is 75.1 Å². The van der Waals surface area contributed by atoms with E-state index in [9.17, 15) is 15.0 Å². The minimum absolute atomic E-state index is 0.137. The van der Waals surface area contributed by atoms with Gasteiger partial charge in [0.25, 0.3) is 0 Å². The molecule has 0 unspecified atom stereocenters. The van der Waals surface area contributed by atoms with Crippen LogP contribution in [-0.4, -0.2) is 64.5 Å². The molecule has 1 aliphatic rings. The van der Waals surface area contributed by atoms with Crippen LogP contribution in [-0.2, 0) is 14.3 Å². The van der Waals surface area contributed by atoms with E-state index in [2.05, 4.69) is 4.74 Å². The molecule has 0 radical (unpaired) electrons. The topological polar surface area (TPSA) is 96.2 Å². The van der Waals surface area contributed by atoms with E-state index in [0.717, 1.165) is 44.3 Å². The Morgan fingerprint density at radius 2 is 1.83 bits per heavy atom. The van der Waals surface area contributed by atoms with Crippen LogP contribution in [0.25, 0.3) is 0 Å². The maximum Gasteiger partial charge on any atom is 0.305 e. The monoisotopic (exact) mass is 350 g/mol. The molecule has 1 rings (SSSR count). The van der Waals surface area contributed by atoms with Crippen LogP contribution in [0.4, 0.5) is 0 Å². The lowest BCUT2D eigenvalue weighted by molar-refractivity contribution is -0.157. The van der Waals surface area contributed by atoms with Gasteiger partial charge in [-0.2, -0.15) is 0 Å². The number of methoxy groups -OCH3 is 1. The Morgan fingerprint density at radius 3 is 2.48 bits per heavy atom. The number of thioether (sulfide) groups is 1. The van der Waals surface area contributed by atoms with E-state index in [-0.39, 0.29) is 18.0 Å². The maximum absolute atomic E-state index is 10.9. The van der Waals surface area contributed by atoms with Crippen LogP contribution < -0.4 is 0 Å². The quantitative estimate of drug-likeness (QED) is 0.383. The standard InChI is InChI=1S/C16H30O6S/c1-21-14(19)8-6-4-2-3-5-7-9-23-15-10-12(18)16(20)13(11-17)22-15/h12-13,15-18,20H,2-11H2,1H3/t12-,13+,15-,16+/m0/s1. The van der Waals surface area contributed by atoms with Gasteiger partial charge >= 0.3 is 5.97 Å². The molecule has 4 atom stereocenters. The number of rotatable bonds is 11. The molecular formula is C16H30O6S. The molecule has 0 saturated carbocycles. The van der Waals surface area contributed by atoms with E-state index in [0.29, 0.717) is 12.8 Å². The van der Waals surface area contributed by atoms with Gasteiger partial charge < -0.3 is 24.8 Å². The van der Waals surface area contributed by atoms with Crippen molar-refractivity contribution in [3.63, 3.8) is 0 Å². The van der Waals surface area contributed by atoms with E-state index < -0.39 is 18.3 Å². The van der Waals surface area contributed by atoms with E-state index in [1.807, 2.05) is 0 Å². The highest BCUT2D eigenvalue weighted by Gasteiger charge is 2.36. The second-order valence-electron chi connectivity index (χ2n) is 5.90. The highest BCUT2D eigenvalue weighted by atomic mass is 32.2. The third-order valence-corrected chi connectivity index (χ3v) is 5.22. The summed E-state index contributed by atoms with van der Waals surface area (Å²) in [5.74, 6) is 0.802. The fraction of sp³-hybridized carbons (Fsp3) is 0.938. The third-order valence-electron chi connectivity index (χ3n) is 4.02. The number of unbranched alkanes of at least 4 members (excludes halogenated alkanes) is 5. The normalized spacial score (nSPS) is 27.8. The van der Waals surface area contributed by atoms with E-state index in [1.54, 1.807) is 11.8 Å². The number of carbonyl (C=O) groups is 1. The summed E-state index contributed by atoms with van der Waals surface area (Å²) < 4.78 is 10.2. The van der Waals surface area contributed by atoms with Crippen LogP contribution in [0.3, 0.4) is 0 Å². The van der Waals surface area contributed by atoms with Crippen molar-refractivity contribution in [3.8, 4) is 0 Å². The number of aliphatic hydroxyl groups is 3. The zero-order chi connectivity index (χ0) is 17.1. The Labute approximate surface area is 142 Å². The Balaban J connectivity index is 1.97. The Bertz CT molecular complexity index is 328. The molecule has 23 heavy (non-hydrogen) atoms. The lowest BCUT2D eigenvalue weighted by Gasteiger charge is -2.36. The second-order valence-corrected chi connectivity index (χ2v) is 7.17. The van der Waals surface area contributed by atoms with Gasteiger partial charge in [-0.3, -0.25) is 4.79 Å². The van der Waals surface area contributed by atoms with Crippen LogP contribution in [0.5, 0.6) is 0 Å². The minimum Gasteiger partial charge on any atom is -0.469 e. The molecule has 0 aromatic heterocycles. The Hall–Kier alpha value is -0.340. The maximum atomic E-state index is 10.9. The van der Waals surface area contributed by atoms with Crippen molar-refractivity contribution in [3.05, 3.63) is 0 Å². The molecule has 0 bridgehead atoms. The van der Waals surface area contributed by atoms with Crippen molar-refractivity contribution in [2.75, 3.05) is 19.5 Å². The molecule has 1 fully saturated rings. The number of aliphatic hydroxyl groups excluding tert-OH is 3. The van der Waals surface area contributed by atoms with Crippen molar-refractivity contribution in [2.24, 2.45) is 0 Å². The number of carbonyl (C=O) groups excluding carboxylic acids is 1. The first-order valence-electron chi connectivity index (χ1n) is 8.39. The van der Waals surface area contributed by atoms with Crippen molar-refractivity contribution < 1.29 is 29.6 Å². The average molecular weight is 350 g/mol.